The number of rotatable bonds is 3. The Hall–Kier alpha value is -3.01. The predicted octanol–water partition coefficient (Wildman–Crippen LogP) is 4.88. The van der Waals surface area contributed by atoms with Crippen LogP contribution in [0, 0.1) is 11.6 Å². The first-order valence-electron chi connectivity index (χ1n) is 7.06. The quantitative estimate of drug-likeness (QED) is 0.733. The van der Waals surface area contributed by atoms with E-state index in [1.165, 1.54) is 6.07 Å². The van der Waals surface area contributed by atoms with Crippen molar-refractivity contribution >= 4 is 11.6 Å². The van der Waals surface area contributed by atoms with E-state index in [0.29, 0.717) is 5.69 Å². The van der Waals surface area contributed by atoms with Gasteiger partial charge >= 0.3 is 0 Å². The molecule has 3 rings (SSSR count). The molecule has 0 fully saturated rings. The largest absolute Gasteiger partial charge is 0.321 e. The van der Waals surface area contributed by atoms with Crippen LogP contribution in [0.4, 0.5) is 14.5 Å². The lowest BCUT2D eigenvalue weighted by atomic mass is 10.0. The van der Waals surface area contributed by atoms with Crippen molar-refractivity contribution < 1.29 is 13.6 Å². The van der Waals surface area contributed by atoms with Crippen molar-refractivity contribution in [2.24, 2.45) is 0 Å². The van der Waals surface area contributed by atoms with Gasteiger partial charge in [-0.25, -0.2) is 8.78 Å². The molecule has 0 unspecified atom stereocenters. The van der Waals surface area contributed by atoms with Crippen LogP contribution in [0.15, 0.2) is 72.8 Å². The highest BCUT2D eigenvalue weighted by atomic mass is 19.1. The van der Waals surface area contributed by atoms with Crippen LogP contribution in [0.2, 0.25) is 0 Å². The lowest BCUT2D eigenvalue weighted by molar-refractivity contribution is 0.101. The Labute approximate surface area is 132 Å². The summed E-state index contributed by atoms with van der Waals surface area (Å²) < 4.78 is 27.5. The Morgan fingerprint density at radius 2 is 1.35 bits per heavy atom. The second-order valence-corrected chi connectivity index (χ2v) is 4.96. The molecule has 3 aromatic rings. The lowest BCUT2D eigenvalue weighted by Gasteiger charge is -2.12. The summed E-state index contributed by atoms with van der Waals surface area (Å²) in [6, 6.07) is 19.9. The Morgan fingerprint density at radius 3 is 2.04 bits per heavy atom. The van der Waals surface area contributed by atoms with E-state index in [2.05, 4.69) is 5.32 Å². The molecule has 0 aliphatic rings. The van der Waals surface area contributed by atoms with E-state index in [9.17, 15) is 13.6 Å². The van der Waals surface area contributed by atoms with Crippen molar-refractivity contribution in [1.82, 2.24) is 0 Å². The number of carbonyl (C=O) groups excluding carboxylic acids is 1. The fourth-order valence-electron chi connectivity index (χ4n) is 2.36. The third-order valence-electron chi connectivity index (χ3n) is 3.45. The third-order valence-corrected chi connectivity index (χ3v) is 3.45. The molecule has 3 aromatic carbocycles. The highest BCUT2D eigenvalue weighted by Crippen LogP contribution is 2.28. The van der Waals surface area contributed by atoms with Gasteiger partial charge in [0.25, 0.3) is 5.91 Å². The fourth-order valence-corrected chi connectivity index (χ4v) is 2.36. The first-order chi connectivity index (χ1) is 11.2. The first kappa shape index (κ1) is 14.9. The summed E-state index contributed by atoms with van der Waals surface area (Å²) in [6.45, 7) is 0. The molecule has 4 heteroatoms. The van der Waals surface area contributed by atoms with Gasteiger partial charge in [-0.2, -0.15) is 0 Å². The molecule has 0 heterocycles. The van der Waals surface area contributed by atoms with Crippen molar-refractivity contribution in [2.75, 3.05) is 5.32 Å². The van der Waals surface area contributed by atoms with Gasteiger partial charge in [0.2, 0.25) is 0 Å². The molecular formula is C19H13F2NO. The molecule has 0 aromatic heterocycles. The van der Waals surface area contributed by atoms with Gasteiger partial charge in [-0.15, -0.1) is 0 Å². The summed E-state index contributed by atoms with van der Waals surface area (Å²) in [5.74, 6) is -2.59. The number of halogens is 2. The van der Waals surface area contributed by atoms with E-state index < -0.39 is 23.1 Å². The SMILES string of the molecule is O=C(Nc1ccccc1-c1ccccc1)c1c(F)cccc1F. The number of amides is 1. The lowest BCUT2D eigenvalue weighted by Crippen LogP contribution is -2.16. The first-order valence-corrected chi connectivity index (χ1v) is 7.06. The van der Waals surface area contributed by atoms with E-state index in [1.54, 1.807) is 12.1 Å². The number of carbonyl (C=O) groups is 1. The van der Waals surface area contributed by atoms with E-state index in [4.69, 9.17) is 0 Å². The molecule has 1 N–H and O–H groups in total. The number of anilines is 1. The maximum atomic E-state index is 13.7. The monoisotopic (exact) mass is 309 g/mol. The minimum Gasteiger partial charge on any atom is -0.321 e. The van der Waals surface area contributed by atoms with E-state index in [0.717, 1.165) is 23.3 Å². The van der Waals surface area contributed by atoms with Gasteiger partial charge in [-0.3, -0.25) is 4.79 Å². The third kappa shape index (κ3) is 3.11. The Balaban J connectivity index is 1.97. The van der Waals surface area contributed by atoms with E-state index >= 15 is 0 Å². The van der Waals surface area contributed by atoms with Crippen molar-refractivity contribution in [1.29, 1.82) is 0 Å². The van der Waals surface area contributed by atoms with Crippen LogP contribution in [0.1, 0.15) is 10.4 Å². The number of nitrogens with one attached hydrogen (secondary N) is 1. The minimum absolute atomic E-state index is 0.492. The van der Waals surface area contributed by atoms with E-state index in [1.807, 2.05) is 42.5 Å². The molecular weight excluding hydrogens is 296 g/mol. The molecule has 0 bridgehead atoms. The normalized spacial score (nSPS) is 10.3. The van der Waals surface area contributed by atoms with Crippen LogP contribution >= 0.6 is 0 Å². The smallest absolute Gasteiger partial charge is 0.261 e. The zero-order chi connectivity index (χ0) is 16.2. The molecule has 0 aliphatic heterocycles. The van der Waals surface area contributed by atoms with Gasteiger partial charge in [-0.05, 0) is 23.8 Å². The van der Waals surface area contributed by atoms with Gasteiger partial charge in [0, 0.05) is 11.3 Å². The summed E-state index contributed by atoms with van der Waals surface area (Å²) in [5.41, 5.74) is 1.58. The zero-order valence-electron chi connectivity index (χ0n) is 12.1. The number of para-hydroxylation sites is 1. The maximum absolute atomic E-state index is 13.7. The van der Waals surface area contributed by atoms with Crippen LogP contribution < -0.4 is 5.32 Å². The molecule has 2 nitrogen and oxygen atoms in total. The average Bonchev–Trinajstić information content (AvgIpc) is 2.56. The van der Waals surface area contributed by atoms with Crippen LogP contribution in [0.3, 0.4) is 0 Å². The Kier molecular flexibility index (Phi) is 4.15. The van der Waals surface area contributed by atoms with Gasteiger partial charge in [0.15, 0.2) is 0 Å². The van der Waals surface area contributed by atoms with Crippen molar-refractivity contribution in [3.05, 3.63) is 90.0 Å². The standard InChI is InChI=1S/C19H13F2NO/c20-15-10-6-11-16(21)18(15)19(23)22-17-12-5-4-9-14(17)13-7-2-1-3-8-13/h1-12H,(H,22,23). The number of benzene rings is 3. The summed E-state index contributed by atoms with van der Waals surface area (Å²) >= 11 is 0. The molecule has 1 amide bonds. The van der Waals surface area contributed by atoms with Gasteiger partial charge in [0.05, 0.1) is 0 Å². The van der Waals surface area contributed by atoms with Crippen LogP contribution in [0.5, 0.6) is 0 Å². The number of hydrogen-bond acceptors (Lipinski definition) is 1. The van der Waals surface area contributed by atoms with Crippen LogP contribution in [-0.4, -0.2) is 5.91 Å². The second kappa shape index (κ2) is 6.40. The zero-order valence-corrected chi connectivity index (χ0v) is 12.1. The molecule has 0 saturated heterocycles. The maximum Gasteiger partial charge on any atom is 0.261 e. The van der Waals surface area contributed by atoms with Crippen LogP contribution in [-0.2, 0) is 0 Å². The van der Waals surface area contributed by atoms with Crippen LogP contribution in [0.25, 0.3) is 11.1 Å². The molecule has 23 heavy (non-hydrogen) atoms. The highest BCUT2D eigenvalue weighted by Gasteiger charge is 2.18. The van der Waals surface area contributed by atoms with E-state index in [-0.39, 0.29) is 0 Å². The molecule has 0 spiro atoms. The summed E-state index contributed by atoms with van der Waals surface area (Å²) in [5, 5.41) is 2.59. The van der Waals surface area contributed by atoms with Crippen molar-refractivity contribution in [3.8, 4) is 11.1 Å². The molecule has 0 aliphatic carbocycles. The van der Waals surface area contributed by atoms with Gasteiger partial charge < -0.3 is 5.32 Å². The summed E-state index contributed by atoms with van der Waals surface area (Å²) in [6.07, 6.45) is 0. The molecule has 0 saturated carbocycles. The molecule has 0 radical (unpaired) electrons. The molecule has 0 atom stereocenters. The Morgan fingerprint density at radius 1 is 0.739 bits per heavy atom. The summed E-state index contributed by atoms with van der Waals surface area (Å²) in [7, 11) is 0. The molecule has 114 valence electrons. The van der Waals surface area contributed by atoms with Gasteiger partial charge in [0.1, 0.15) is 17.2 Å². The predicted molar refractivity (Wildman–Crippen MR) is 86.2 cm³/mol. The summed E-state index contributed by atoms with van der Waals surface area (Å²) in [4.78, 5) is 12.2. The fraction of sp³-hybridized carbons (Fsp3) is 0. The topological polar surface area (TPSA) is 29.1 Å². The highest BCUT2D eigenvalue weighted by molar-refractivity contribution is 6.06. The van der Waals surface area contributed by atoms with Gasteiger partial charge in [-0.1, -0.05) is 54.6 Å². The van der Waals surface area contributed by atoms with Crippen molar-refractivity contribution in [3.63, 3.8) is 0 Å². The number of hydrogen-bond donors (Lipinski definition) is 1. The second-order valence-electron chi connectivity index (χ2n) is 4.96. The average molecular weight is 309 g/mol. The van der Waals surface area contributed by atoms with Crippen molar-refractivity contribution in [2.45, 2.75) is 0 Å². The Bertz CT molecular complexity index is 827. The minimum atomic E-state index is -0.889.